The molecule has 1 unspecified atom stereocenters. The van der Waals surface area contributed by atoms with Crippen LogP contribution in [0.2, 0.25) is 0 Å². The molecule has 0 bridgehead atoms. The number of amides is 2. The van der Waals surface area contributed by atoms with Crippen molar-refractivity contribution in [2.24, 2.45) is 0 Å². The SMILES string of the molecule is O=C(O)c1cccc(NC(=O)N2CCc3[nH]cnc3C2c2ccc(Br)cc2)c1. The van der Waals surface area contributed by atoms with Crippen molar-refractivity contribution in [3.8, 4) is 0 Å². The molecule has 1 aromatic heterocycles. The number of hydrogen-bond donors (Lipinski definition) is 3. The number of rotatable bonds is 3. The fraction of sp³-hybridized carbons (Fsp3) is 0.150. The predicted octanol–water partition coefficient (Wildman–Crippen LogP) is 4.05. The Morgan fingerprint density at radius 1 is 1.21 bits per heavy atom. The lowest BCUT2D eigenvalue weighted by Crippen LogP contribution is -2.43. The number of hydrogen-bond acceptors (Lipinski definition) is 3. The van der Waals surface area contributed by atoms with Gasteiger partial charge < -0.3 is 20.3 Å². The maximum absolute atomic E-state index is 13.1. The average Bonchev–Trinajstić information content (AvgIpc) is 3.17. The summed E-state index contributed by atoms with van der Waals surface area (Å²) in [6.45, 7) is 0.514. The number of aromatic nitrogens is 2. The lowest BCUT2D eigenvalue weighted by molar-refractivity contribution is 0.0697. The molecule has 142 valence electrons. The molecule has 2 heterocycles. The van der Waals surface area contributed by atoms with Gasteiger partial charge in [0.2, 0.25) is 0 Å². The van der Waals surface area contributed by atoms with Gasteiger partial charge in [-0.25, -0.2) is 14.6 Å². The number of imidazole rings is 1. The number of carboxylic acid groups (broad SMARTS) is 1. The van der Waals surface area contributed by atoms with Crippen LogP contribution in [0.1, 0.15) is 33.4 Å². The van der Waals surface area contributed by atoms with E-state index < -0.39 is 5.97 Å². The quantitative estimate of drug-likeness (QED) is 0.571. The predicted molar refractivity (Wildman–Crippen MR) is 107 cm³/mol. The van der Waals surface area contributed by atoms with Gasteiger partial charge >= 0.3 is 12.0 Å². The molecule has 2 amide bonds. The summed E-state index contributed by atoms with van der Waals surface area (Å²) in [4.78, 5) is 33.5. The van der Waals surface area contributed by atoms with Gasteiger partial charge in [0.1, 0.15) is 6.04 Å². The smallest absolute Gasteiger partial charge is 0.335 e. The van der Waals surface area contributed by atoms with Gasteiger partial charge in [-0.2, -0.15) is 0 Å². The molecule has 0 saturated heterocycles. The van der Waals surface area contributed by atoms with E-state index in [-0.39, 0.29) is 17.6 Å². The van der Waals surface area contributed by atoms with Crippen molar-refractivity contribution >= 4 is 33.6 Å². The molecule has 1 atom stereocenters. The molecule has 1 aliphatic rings. The molecule has 2 aromatic carbocycles. The van der Waals surface area contributed by atoms with Crippen LogP contribution in [0.4, 0.5) is 10.5 Å². The van der Waals surface area contributed by atoms with Crippen molar-refractivity contribution in [1.29, 1.82) is 0 Å². The molecule has 0 spiro atoms. The van der Waals surface area contributed by atoms with Crippen molar-refractivity contribution in [2.75, 3.05) is 11.9 Å². The number of urea groups is 1. The number of carbonyl (C=O) groups is 2. The number of fused-ring (bicyclic) bond motifs is 1. The Morgan fingerprint density at radius 3 is 2.75 bits per heavy atom. The van der Waals surface area contributed by atoms with E-state index >= 15 is 0 Å². The first-order valence-corrected chi connectivity index (χ1v) is 9.51. The zero-order chi connectivity index (χ0) is 19.7. The molecule has 4 rings (SSSR count). The molecule has 0 saturated carbocycles. The molecule has 3 aromatic rings. The van der Waals surface area contributed by atoms with Crippen LogP contribution in [-0.2, 0) is 6.42 Å². The van der Waals surface area contributed by atoms with Crippen LogP contribution in [0.15, 0.2) is 59.3 Å². The summed E-state index contributed by atoms with van der Waals surface area (Å²) < 4.78 is 0.954. The number of halogens is 1. The van der Waals surface area contributed by atoms with E-state index in [1.54, 1.807) is 23.4 Å². The second kappa shape index (κ2) is 7.47. The monoisotopic (exact) mass is 440 g/mol. The van der Waals surface area contributed by atoms with Gasteiger partial charge in [0.05, 0.1) is 17.6 Å². The van der Waals surface area contributed by atoms with Crippen LogP contribution in [0.25, 0.3) is 0 Å². The Hall–Kier alpha value is -3.13. The third-order valence-corrected chi connectivity index (χ3v) is 5.26. The van der Waals surface area contributed by atoms with Crippen molar-refractivity contribution in [2.45, 2.75) is 12.5 Å². The number of nitrogens with zero attached hydrogens (tertiary/aromatic N) is 2. The van der Waals surface area contributed by atoms with Gasteiger partial charge in [-0.1, -0.05) is 34.1 Å². The molecule has 28 heavy (non-hydrogen) atoms. The second-order valence-corrected chi connectivity index (χ2v) is 7.40. The summed E-state index contributed by atoms with van der Waals surface area (Å²) in [5.74, 6) is -1.04. The van der Waals surface area contributed by atoms with E-state index in [4.69, 9.17) is 5.11 Å². The van der Waals surface area contributed by atoms with E-state index in [1.165, 1.54) is 12.1 Å². The third kappa shape index (κ3) is 3.50. The number of nitrogens with one attached hydrogen (secondary N) is 2. The molecular formula is C20H17BrN4O3. The molecule has 0 radical (unpaired) electrons. The molecule has 3 N–H and O–H groups in total. The maximum Gasteiger partial charge on any atom is 0.335 e. The summed E-state index contributed by atoms with van der Waals surface area (Å²) in [5, 5.41) is 12.0. The average molecular weight is 441 g/mol. The van der Waals surface area contributed by atoms with Crippen LogP contribution in [0.3, 0.4) is 0 Å². The first-order valence-electron chi connectivity index (χ1n) is 8.71. The summed E-state index contributed by atoms with van der Waals surface area (Å²) >= 11 is 3.44. The number of aromatic carboxylic acids is 1. The standard InChI is InChI=1S/C20H17BrN4O3/c21-14-6-4-12(5-7-14)18-17-16(22-11-23-17)8-9-25(18)20(28)24-15-3-1-2-13(10-15)19(26)27/h1-7,10-11,18H,8-9H2,(H,22,23)(H,24,28)(H,26,27). The number of carboxylic acids is 1. The first kappa shape index (κ1) is 18.2. The lowest BCUT2D eigenvalue weighted by atomic mass is 9.96. The van der Waals surface area contributed by atoms with Crippen LogP contribution < -0.4 is 5.32 Å². The minimum atomic E-state index is -1.04. The zero-order valence-corrected chi connectivity index (χ0v) is 16.3. The van der Waals surface area contributed by atoms with E-state index in [2.05, 4.69) is 31.2 Å². The molecule has 1 aliphatic heterocycles. The number of aromatic amines is 1. The van der Waals surface area contributed by atoms with Gasteiger partial charge in [0.25, 0.3) is 0 Å². The van der Waals surface area contributed by atoms with Gasteiger partial charge in [-0.05, 0) is 35.9 Å². The summed E-state index contributed by atoms with van der Waals surface area (Å²) in [7, 11) is 0. The molecule has 0 aliphatic carbocycles. The Labute approximate surface area is 169 Å². The Bertz CT molecular complexity index is 1030. The van der Waals surface area contributed by atoms with Crippen LogP contribution in [-0.4, -0.2) is 38.5 Å². The van der Waals surface area contributed by atoms with Crippen molar-refractivity contribution in [3.05, 3.63) is 81.8 Å². The third-order valence-electron chi connectivity index (χ3n) is 4.73. The maximum atomic E-state index is 13.1. The highest BCUT2D eigenvalue weighted by atomic mass is 79.9. The van der Waals surface area contributed by atoms with Crippen molar-refractivity contribution < 1.29 is 14.7 Å². The Kier molecular flexibility index (Phi) is 4.87. The molecule has 7 nitrogen and oxygen atoms in total. The van der Waals surface area contributed by atoms with Gasteiger partial charge in [-0.15, -0.1) is 0 Å². The highest BCUT2D eigenvalue weighted by Crippen LogP contribution is 2.34. The minimum absolute atomic E-state index is 0.121. The molecule has 8 heteroatoms. The number of benzene rings is 2. The zero-order valence-electron chi connectivity index (χ0n) is 14.7. The largest absolute Gasteiger partial charge is 0.478 e. The van der Waals surface area contributed by atoms with Crippen LogP contribution in [0.5, 0.6) is 0 Å². The fourth-order valence-corrected chi connectivity index (χ4v) is 3.67. The topological polar surface area (TPSA) is 98.3 Å². The van der Waals surface area contributed by atoms with E-state index in [0.29, 0.717) is 18.7 Å². The van der Waals surface area contributed by atoms with Gasteiger partial charge in [-0.3, -0.25) is 0 Å². The highest BCUT2D eigenvalue weighted by Gasteiger charge is 2.34. The van der Waals surface area contributed by atoms with Gasteiger partial charge in [0, 0.05) is 28.8 Å². The van der Waals surface area contributed by atoms with Crippen molar-refractivity contribution in [1.82, 2.24) is 14.9 Å². The highest BCUT2D eigenvalue weighted by molar-refractivity contribution is 9.10. The Balaban J connectivity index is 1.65. The first-order chi connectivity index (χ1) is 13.5. The summed E-state index contributed by atoms with van der Waals surface area (Å²) in [5.41, 5.74) is 3.35. The number of anilines is 1. The van der Waals surface area contributed by atoms with Crippen molar-refractivity contribution in [3.63, 3.8) is 0 Å². The Morgan fingerprint density at radius 2 is 2.00 bits per heavy atom. The fourth-order valence-electron chi connectivity index (χ4n) is 3.40. The minimum Gasteiger partial charge on any atom is -0.478 e. The van der Waals surface area contributed by atoms with Crippen LogP contribution >= 0.6 is 15.9 Å². The van der Waals surface area contributed by atoms with Gasteiger partial charge in [0.15, 0.2) is 0 Å². The number of H-pyrrole nitrogens is 1. The molecule has 0 fully saturated rings. The van der Waals surface area contributed by atoms with E-state index in [0.717, 1.165) is 21.4 Å². The van der Waals surface area contributed by atoms with E-state index in [9.17, 15) is 9.59 Å². The van der Waals surface area contributed by atoms with E-state index in [1.807, 2.05) is 24.3 Å². The van der Waals surface area contributed by atoms with Crippen LogP contribution in [0, 0.1) is 0 Å². The lowest BCUT2D eigenvalue weighted by Gasteiger charge is -2.35. The second-order valence-electron chi connectivity index (χ2n) is 6.48. The molecular weight excluding hydrogens is 424 g/mol. The number of carbonyl (C=O) groups excluding carboxylic acids is 1. The normalized spacial score (nSPS) is 15.8. The summed E-state index contributed by atoms with van der Waals surface area (Å²) in [6.07, 6.45) is 2.32. The summed E-state index contributed by atoms with van der Waals surface area (Å²) in [6, 6.07) is 13.4.